The lowest BCUT2D eigenvalue weighted by Crippen LogP contribution is -2.26. The van der Waals surface area contributed by atoms with E-state index in [1.54, 1.807) is 12.1 Å². The zero-order valence-electron chi connectivity index (χ0n) is 9.26. The number of piperidine rings is 1. The number of halogens is 3. The van der Waals surface area contributed by atoms with Crippen LogP contribution in [0.2, 0.25) is 0 Å². The monoisotopic (exact) mass is 245 g/mol. The van der Waals surface area contributed by atoms with Crippen LogP contribution in [0.5, 0.6) is 5.75 Å². The van der Waals surface area contributed by atoms with Crippen molar-refractivity contribution in [3.63, 3.8) is 0 Å². The molecule has 94 valence electrons. The van der Waals surface area contributed by atoms with Gasteiger partial charge in [0.2, 0.25) is 0 Å². The lowest BCUT2D eigenvalue weighted by molar-refractivity contribution is -0.274. The van der Waals surface area contributed by atoms with E-state index in [9.17, 15) is 13.2 Å². The van der Waals surface area contributed by atoms with E-state index in [0.717, 1.165) is 31.4 Å². The standard InChI is InChI=1S/C12H14F3NO/c13-12(14,15)17-10-6-4-9(5-7-10)11-3-1-2-8-16-11/h4-7,11,16H,1-3,8H2/t11-/m1/s1. The molecular weight excluding hydrogens is 231 g/mol. The van der Waals surface area contributed by atoms with Crippen LogP contribution in [0.4, 0.5) is 13.2 Å². The van der Waals surface area contributed by atoms with Crippen molar-refractivity contribution in [2.45, 2.75) is 31.7 Å². The van der Waals surface area contributed by atoms with Crippen molar-refractivity contribution in [3.05, 3.63) is 29.8 Å². The number of alkyl halides is 3. The van der Waals surface area contributed by atoms with Gasteiger partial charge >= 0.3 is 6.36 Å². The Bertz CT molecular complexity index is 355. The summed E-state index contributed by atoms with van der Waals surface area (Å²) in [4.78, 5) is 0. The Morgan fingerprint density at radius 2 is 1.82 bits per heavy atom. The summed E-state index contributed by atoms with van der Waals surface area (Å²) in [5, 5.41) is 3.34. The highest BCUT2D eigenvalue weighted by atomic mass is 19.4. The van der Waals surface area contributed by atoms with E-state index in [0.29, 0.717) is 0 Å². The van der Waals surface area contributed by atoms with E-state index >= 15 is 0 Å². The Balaban J connectivity index is 2.02. The normalized spacial score (nSPS) is 21.2. The van der Waals surface area contributed by atoms with Crippen LogP contribution in [0.25, 0.3) is 0 Å². The molecule has 2 rings (SSSR count). The molecule has 0 amide bonds. The van der Waals surface area contributed by atoms with Crippen molar-refractivity contribution in [2.24, 2.45) is 0 Å². The molecule has 1 aliphatic heterocycles. The summed E-state index contributed by atoms with van der Waals surface area (Å²) in [6, 6.07) is 6.34. The number of benzene rings is 1. The molecule has 0 spiro atoms. The van der Waals surface area contributed by atoms with Crippen LogP contribution < -0.4 is 10.1 Å². The summed E-state index contributed by atoms with van der Waals surface area (Å²) in [7, 11) is 0. The lowest BCUT2D eigenvalue weighted by Gasteiger charge is -2.24. The summed E-state index contributed by atoms with van der Waals surface area (Å²) in [6.07, 6.45) is -1.28. The minimum absolute atomic E-state index is 0.169. The van der Waals surface area contributed by atoms with Crippen LogP contribution in [0, 0.1) is 0 Å². The first-order chi connectivity index (χ1) is 8.04. The Morgan fingerprint density at radius 1 is 1.12 bits per heavy atom. The molecule has 1 N–H and O–H groups in total. The van der Waals surface area contributed by atoms with Gasteiger partial charge in [-0.05, 0) is 37.1 Å². The molecule has 1 fully saturated rings. The van der Waals surface area contributed by atoms with Crippen LogP contribution in [-0.2, 0) is 0 Å². The second-order valence-electron chi connectivity index (χ2n) is 4.12. The molecule has 0 aliphatic carbocycles. The maximum absolute atomic E-state index is 12.0. The topological polar surface area (TPSA) is 21.3 Å². The van der Waals surface area contributed by atoms with Gasteiger partial charge in [-0.2, -0.15) is 0 Å². The molecule has 1 saturated heterocycles. The number of ether oxygens (including phenoxy) is 1. The molecule has 1 aromatic carbocycles. The van der Waals surface area contributed by atoms with Gasteiger partial charge < -0.3 is 10.1 Å². The first-order valence-electron chi connectivity index (χ1n) is 5.64. The third-order valence-corrected chi connectivity index (χ3v) is 2.83. The summed E-state index contributed by atoms with van der Waals surface area (Å²) < 4.78 is 39.7. The summed E-state index contributed by atoms with van der Waals surface area (Å²) in [5.41, 5.74) is 1.01. The maximum atomic E-state index is 12.0. The van der Waals surface area contributed by atoms with Gasteiger partial charge in [0.15, 0.2) is 0 Å². The van der Waals surface area contributed by atoms with Crippen LogP contribution in [-0.4, -0.2) is 12.9 Å². The molecule has 0 bridgehead atoms. The van der Waals surface area contributed by atoms with E-state index in [1.807, 2.05) is 0 Å². The zero-order chi connectivity index (χ0) is 12.3. The van der Waals surface area contributed by atoms with Crippen molar-refractivity contribution < 1.29 is 17.9 Å². The van der Waals surface area contributed by atoms with Gasteiger partial charge in [-0.25, -0.2) is 0 Å². The fraction of sp³-hybridized carbons (Fsp3) is 0.500. The van der Waals surface area contributed by atoms with Crippen LogP contribution in [0.15, 0.2) is 24.3 Å². The minimum atomic E-state index is -4.62. The van der Waals surface area contributed by atoms with Gasteiger partial charge in [-0.1, -0.05) is 18.6 Å². The minimum Gasteiger partial charge on any atom is -0.406 e. The number of nitrogens with one attached hydrogen (secondary N) is 1. The molecule has 0 radical (unpaired) electrons. The van der Waals surface area contributed by atoms with E-state index in [4.69, 9.17) is 0 Å². The third kappa shape index (κ3) is 3.63. The van der Waals surface area contributed by atoms with Crippen LogP contribution >= 0.6 is 0 Å². The first kappa shape index (κ1) is 12.2. The third-order valence-electron chi connectivity index (χ3n) is 2.83. The van der Waals surface area contributed by atoms with Gasteiger partial charge in [0.1, 0.15) is 5.75 Å². The summed E-state index contributed by atoms with van der Waals surface area (Å²) in [6.45, 7) is 0.964. The SMILES string of the molecule is FC(F)(F)Oc1ccc([C@H]2CCCCN2)cc1. The summed E-state index contributed by atoms with van der Waals surface area (Å²) in [5.74, 6) is -0.169. The molecule has 0 unspecified atom stereocenters. The van der Waals surface area contributed by atoms with Gasteiger partial charge in [-0.15, -0.1) is 13.2 Å². The molecule has 5 heteroatoms. The average Bonchev–Trinajstić information content (AvgIpc) is 2.29. The molecular formula is C12H14F3NO. The van der Waals surface area contributed by atoms with Gasteiger partial charge in [0.05, 0.1) is 0 Å². The number of rotatable bonds is 2. The number of hydrogen-bond donors (Lipinski definition) is 1. The Morgan fingerprint density at radius 3 is 2.35 bits per heavy atom. The maximum Gasteiger partial charge on any atom is 0.573 e. The van der Waals surface area contributed by atoms with Crippen molar-refractivity contribution in [1.29, 1.82) is 0 Å². The van der Waals surface area contributed by atoms with E-state index in [1.165, 1.54) is 12.1 Å². The average molecular weight is 245 g/mol. The van der Waals surface area contributed by atoms with Crippen LogP contribution in [0.1, 0.15) is 30.9 Å². The molecule has 0 aromatic heterocycles. The van der Waals surface area contributed by atoms with Gasteiger partial charge in [-0.3, -0.25) is 0 Å². The number of hydrogen-bond acceptors (Lipinski definition) is 2. The highest BCUT2D eigenvalue weighted by molar-refractivity contribution is 5.29. The largest absolute Gasteiger partial charge is 0.573 e. The van der Waals surface area contributed by atoms with Gasteiger partial charge in [0, 0.05) is 6.04 Å². The lowest BCUT2D eigenvalue weighted by atomic mass is 9.98. The Labute approximate surface area is 97.8 Å². The molecule has 1 aliphatic rings. The Kier molecular flexibility index (Phi) is 3.57. The predicted octanol–water partition coefficient (Wildman–Crippen LogP) is 3.40. The highest BCUT2D eigenvalue weighted by Crippen LogP contribution is 2.27. The fourth-order valence-electron chi connectivity index (χ4n) is 2.04. The van der Waals surface area contributed by atoms with E-state index in [-0.39, 0.29) is 11.8 Å². The van der Waals surface area contributed by atoms with E-state index < -0.39 is 6.36 Å². The van der Waals surface area contributed by atoms with Gasteiger partial charge in [0.25, 0.3) is 0 Å². The van der Waals surface area contributed by atoms with Crippen molar-refractivity contribution in [3.8, 4) is 5.75 Å². The predicted molar refractivity (Wildman–Crippen MR) is 57.7 cm³/mol. The summed E-state index contributed by atoms with van der Waals surface area (Å²) >= 11 is 0. The molecule has 1 aromatic rings. The molecule has 1 heterocycles. The van der Waals surface area contributed by atoms with Crippen molar-refractivity contribution in [1.82, 2.24) is 5.32 Å². The molecule has 0 saturated carbocycles. The van der Waals surface area contributed by atoms with Crippen molar-refractivity contribution >= 4 is 0 Å². The second-order valence-corrected chi connectivity index (χ2v) is 4.12. The van der Waals surface area contributed by atoms with E-state index in [2.05, 4.69) is 10.1 Å². The Hall–Kier alpha value is -1.23. The smallest absolute Gasteiger partial charge is 0.406 e. The quantitative estimate of drug-likeness (QED) is 0.862. The molecule has 17 heavy (non-hydrogen) atoms. The van der Waals surface area contributed by atoms with Crippen LogP contribution in [0.3, 0.4) is 0 Å². The van der Waals surface area contributed by atoms with Crippen molar-refractivity contribution in [2.75, 3.05) is 6.54 Å². The molecule has 2 nitrogen and oxygen atoms in total. The zero-order valence-corrected chi connectivity index (χ0v) is 9.26. The highest BCUT2D eigenvalue weighted by Gasteiger charge is 2.31. The second kappa shape index (κ2) is 4.96. The molecule has 1 atom stereocenters. The first-order valence-corrected chi connectivity index (χ1v) is 5.64. The fourth-order valence-corrected chi connectivity index (χ4v) is 2.04.